The first-order valence-electron chi connectivity index (χ1n) is 4.62. The van der Waals surface area contributed by atoms with Gasteiger partial charge in [-0.15, -0.1) is 0 Å². The summed E-state index contributed by atoms with van der Waals surface area (Å²) < 4.78 is 0. The van der Waals surface area contributed by atoms with Crippen molar-refractivity contribution in [1.82, 2.24) is 10.2 Å². The van der Waals surface area contributed by atoms with Crippen molar-refractivity contribution in [1.29, 1.82) is 0 Å². The molecule has 0 bridgehead atoms. The van der Waals surface area contributed by atoms with Crippen LogP contribution in [0.25, 0.3) is 0 Å². The summed E-state index contributed by atoms with van der Waals surface area (Å²) in [5.41, 5.74) is 0. The van der Waals surface area contributed by atoms with Crippen LogP contribution in [0.15, 0.2) is 0 Å². The number of hydrogen-bond acceptors (Lipinski definition) is 3. The molecule has 0 heterocycles. The minimum absolute atomic E-state index is 0.648. The van der Waals surface area contributed by atoms with Crippen LogP contribution >= 0.6 is 11.8 Å². The first-order valence-corrected chi connectivity index (χ1v) is 5.78. The maximum atomic E-state index is 3.49. The highest BCUT2D eigenvalue weighted by Gasteiger charge is 1.99. The standard InChI is InChI=1S/C9H22N2S/c1-5-12-8-9(2)10-6-7-11(3)4/h9-10H,5-8H2,1-4H3. The zero-order valence-corrected chi connectivity index (χ0v) is 9.58. The summed E-state index contributed by atoms with van der Waals surface area (Å²) in [5, 5.41) is 3.49. The summed E-state index contributed by atoms with van der Waals surface area (Å²) in [6, 6.07) is 0.648. The quantitative estimate of drug-likeness (QED) is 0.651. The molecule has 0 fully saturated rings. The van der Waals surface area contributed by atoms with E-state index in [0.717, 1.165) is 13.1 Å². The van der Waals surface area contributed by atoms with Gasteiger partial charge in [-0.2, -0.15) is 11.8 Å². The third-order valence-electron chi connectivity index (χ3n) is 1.62. The Kier molecular flexibility index (Phi) is 8.07. The number of thioether (sulfide) groups is 1. The van der Waals surface area contributed by atoms with E-state index in [4.69, 9.17) is 0 Å². The van der Waals surface area contributed by atoms with Gasteiger partial charge in [-0.3, -0.25) is 0 Å². The zero-order valence-electron chi connectivity index (χ0n) is 8.76. The van der Waals surface area contributed by atoms with E-state index in [9.17, 15) is 0 Å². The molecule has 0 rings (SSSR count). The van der Waals surface area contributed by atoms with Gasteiger partial charge in [0.2, 0.25) is 0 Å². The summed E-state index contributed by atoms with van der Waals surface area (Å²) in [7, 11) is 4.21. The molecular weight excluding hydrogens is 168 g/mol. The van der Waals surface area contributed by atoms with Crippen molar-refractivity contribution < 1.29 is 0 Å². The highest BCUT2D eigenvalue weighted by molar-refractivity contribution is 7.99. The molecule has 0 spiro atoms. The SMILES string of the molecule is CCSCC(C)NCCN(C)C. The van der Waals surface area contributed by atoms with Crippen molar-refractivity contribution in [2.45, 2.75) is 19.9 Å². The number of nitrogens with zero attached hydrogens (tertiary/aromatic N) is 1. The highest BCUT2D eigenvalue weighted by atomic mass is 32.2. The predicted octanol–water partition coefficient (Wildman–Crippen LogP) is 1.28. The summed E-state index contributed by atoms with van der Waals surface area (Å²) in [6.07, 6.45) is 0. The minimum Gasteiger partial charge on any atom is -0.312 e. The maximum absolute atomic E-state index is 3.49. The van der Waals surface area contributed by atoms with Gasteiger partial charge in [-0.05, 0) is 26.8 Å². The van der Waals surface area contributed by atoms with E-state index in [1.807, 2.05) is 11.8 Å². The Morgan fingerprint density at radius 2 is 2.08 bits per heavy atom. The second-order valence-corrected chi connectivity index (χ2v) is 4.64. The van der Waals surface area contributed by atoms with Crippen LogP contribution in [0.3, 0.4) is 0 Å². The average Bonchev–Trinajstić information content (AvgIpc) is 2.00. The van der Waals surface area contributed by atoms with Gasteiger partial charge in [0.1, 0.15) is 0 Å². The Hall–Kier alpha value is 0.270. The van der Waals surface area contributed by atoms with E-state index in [1.165, 1.54) is 11.5 Å². The van der Waals surface area contributed by atoms with Crippen LogP contribution < -0.4 is 5.32 Å². The third kappa shape index (κ3) is 8.37. The number of rotatable bonds is 7. The fraction of sp³-hybridized carbons (Fsp3) is 1.00. The van der Waals surface area contributed by atoms with Crippen molar-refractivity contribution >= 4 is 11.8 Å². The fourth-order valence-electron chi connectivity index (χ4n) is 0.888. The second-order valence-electron chi connectivity index (χ2n) is 3.32. The summed E-state index contributed by atoms with van der Waals surface area (Å²) in [5.74, 6) is 2.45. The molecule has 0 saturated heterocycles. The van der Waals surface area contributed by atoms with E-state index < -0.39 is 0 Å². The molecular formula is C9H22N2S. The Morgan fingerprint density at radius 3 is 2.58 bits per heavy atom. The molecule has 12 heavy (non-hydrogen) atoms. The van der Waals surface area contributed by atoms with E-state index in [2.05, 4.69) is 38.2 Å². The highest BCUT2D eigenvalue weighted by Crippen LogP contribution is 2.00. The molecule has 3 heteroatoms. The van der Waals surface area contributed by atoms with E-state index >= 15 is 0 Å². The third-order valence-corrected chi connectivity index (χ3v) is 2.77. The smallest absolute Gasteiger partial charge is 0.0130 e. The normalized spacial score (nSPS) is 13.8. The van der Waals surface area contributed by atoms with E-state index in [-0.39, 0.29) is 0 Å². The van der Waals surface area contributed by atoms with Gasteiger partial charge < -0.3 is 10.2 Å². The fourth-order valence-corrected chi connectivity index (χ4v) is 1.60. The van der Waals surface area contributed by atoms with E-state index in [0.29, 0.717) is 6.04 Å². The number of hydrogen-bond donors (Lipinski definition) is 1. The lowest BCUT2D eigenvalue weighted by atomic mass is 10.4. The summed E-state index contributed by atoms with van der Waals surface area (Å²) in [4.78, 5) is 2.20. The second kappa shape index (κ2) is 7.90. The van der Waals surface area contributed by atoms with Crippen molar-refractivity contribution in [2.24, 2.45) is 0 Å². The van der Waals surface area contributed by atoms with Crippen LogP contribution in [-0.4, -0.2) is 49.6 Å². The summed E-state index contributed by atoms with van der Waals surface area (Å²) in [6.45, 7) is 6.68. The van der Waals surface area contributed by atoms with Crippen LogP contribution in [0.5, 0.6) is 0 Å². The van der Waals surface area contributed by atoms with Crippen molar-refractivity contribution in [2.75, 3.05) is 38.7 Å². The lowest BCUT2D eigenvalue weighted by Gasteiger charge is -2.15. The molecule has 0 aliphatic carbocycles. The van der Waals surface area contributed by atoms with Gasteiger partial charge in [-0.25, -0.2) is 0 Å². The van der Waals surface area contributed by atoms with Crippen molar-refractivity contribution in [3.8, 4) is 0 Å². The van der Waals surface area contributed by atoms with Crippen LogP contribution in [0, 0.1) is 0 Å². The number of likely N-dealkylation sites (N-methyl/N-ethyl adjacent to an activating group) is 1. The molecule has 0 aromatic rings. The molecule has 0 amide bonds. The lowest BCUT2D eigenvalue weighted by molar-refractivity contribution is 0.392. The Morgan fingerprint density at radius 1 is 1.42 bits per heavy atom. The van der Waals surface area contributed by atoms with Crippen LogP contribution in [-0.2, 0) is 0 Å². The zero-order chi connectivity index (χ0) is 9.40. The summed E-state index contributed by atoms with van der Waals surface area (Å²) >= 11 is 2.00. The molecule has 1 N–H and O–H groups in total. The largest absolute Gasteiger partial charge is 0.312 e. The Labute approximate surface area is 81.1 Å². The molecule has 0 aromatic carbocycles. The van der Waals surface area contributed by atoms with E-state index in [1.54, 1.807) is 0 Å². The molecule has 74 valence electrons. The van der Waals surface area contributed by atoms with Crippen LogP contribution in [0.4, 0.5) is 0 Å². The number of nitrogens with one attached hydrogen (secondary N) is 1. The monoisotopic (exact) mass is 190 g/mol. The van der Waals surface area contributed by atoms with Gasteiger partial charge in [0.05, 0.1) is 0 Å². The molecule has 0 saturated carbocycles. The van der Waals surface area contributed by atoms with Gasteiger partial charge >= 0.3 is 0 Å². The Balaban J connectivity index is 3.13. The van der Waals surface area contributed by atoms with Gasteiger partial charge in [0, 0.05) is 24.9 Å². The molecule has 2 nitrogen and oxygen atoms in total. The maximum Gasteiger partial charge on any atom is 0.0130 e. The first-order chi connectivity index (χ1) is 5.66. The van der Waals surface area contributed by atoms with Gasteiger partial charge in [0.25, 0.3) is 0 Å². The van der Waals surface area contributed by atoms with Crippen molar-refractivity contribution in [3.05, 3.63) is 0 Å². The van der Waals surface area contributed by atoms with Gasteiger partial charge in [0.15, 0.2) is 0 Å². The molecule has 0 aliphatic rings. The van der Waals surface area contributed by atoms with Crippen LogP contribution in [0.1, 0.15) is 13.8 Å². The van der Waals surface area contributed by atoms with Gasteiger partial charge in [-0.1, -0.05) is 6.92 Å². The topological polar surface area (TPSA) is 15.3 Å². The molecule has 0 radical (unpaired) electrons. The minimum atomic E-state index is 0.648. The molecule has 1 atom stereocenters. The Bertz CT molecular complexity index is 96.5. The van der Waals surface area contributed by atoms with Crippen molar-refractivity contribution in [3.63, 3.8) is 0 Å². The molecule has 0 aromatic heterocycles. The predicted molar refractivity (Wildman–Crippen MR) is 59.0 cm³/mol. The molecule has 0 aliphatic heterocycles. The first kappa shape index (κ1) is 12.3. The molecule has 1 unspecified atom stereocenters. The average molecular weight is 190 g/mol. The van der Waals surface area contributed by atoms with Crippen LogP contribution in [0.2, 0.25) is 0 Å². The lowest BCUT2D eigenvalue weighted by Crippen LogP contribution is -2.34.